The molecule has 2 rings (SSSR count). The van der Waals surface area contributed by atoms with Gasteiger partial charge in [0.25, 0.3) is 0 Å². The second-order valence-corrected chi connectivity index (χ2v) is 3.84. The van der Waals surface area contributed by atoms with Crippen LogP contribution < -0.4 is 0 Å². The maximum absolute atomic E-state index is 2.32. The molecule has 0 amide bonds. The van der Waals surface area contributed by atoms with Gasteiger partial charge in [0.15, 0.2) is 0 Å². The summed E-state index contributed by atoms with van der Waals surface area (Å²) in [5, 5.41) is 0. The highest BCUT2D eigenvalue weighted by Gasteiger charge is 2.13. The lowest BCUT2D eigenvalue weighted by Gasteiger charge is -2.18. The van der Waals surface area contributed by atoms with Crippen LogP contribution in [0.3, 0.4) is 0 Å². The molecule has 2 heteroatoms. The van der Waals surface area contributed by atoms with Crippen LogP contribution in [0.2, 0.25) is 0 Å². The number of benzene rings is 1. The zero-order valence-electron chi connectivity index (χ0n) is 8.77. The first kappa shape index (κ1) is 9.13. The average molecular weight is 188 g/mol. The molecule has 0 saturated heterocycles. The first-order valence-electron chi connectivity index (χ1n) is 4.93. The van der Waals surface area contributed by atoms with Crippen molar-refractivity contribution in [2.45, 2.75) is 13.5 Å². The van der Waals surface area contributed by atoms with E-state index in [1.807, 2.05) is 0 Å². The number of allylic oxidation sites excluding steroid dienone is 1. The molecule has 1 heterocycles. The largest absolute Gasteiger partial charge is 0.359 e. The van der Waals surface area contributed by atoms with Crippen molar-refractivity contribution in [1.82, 2.24) is 9.80 Å². The Hall–Kier alpha value is -1.44. The fraction of sp³-hybridized carbons (Fsp3) is 0.333. The van der Waals surface area contributed by atoms with Gasteiger partial charge in [0.2, 0.25) is 0 Å². The quantitative estimate of drug-likeness (QED) is 0.702. The Labute approximate surface area is 85.4 Å². The summed E-state index contributed by atoms with van der Waals surface area (Å²) >= 11 is 0. The maximum Gasteiger partial charge on any atom is 0.0896 e. The predicted molar refractivity (Wildman–Crippen MR) is 58.4 cm³/mol. The molecule has 0 aliphatic carbocycles. The fourth-order valence-electron chi connectivity index (χ4n) is 1.70. The highest BCUT2D eigenvalue weighted by molar-refractivity contribution is 5.16. The lowest BCUT2D eigenvalue weighted by atomic mass is 10.2. The van der Waals surface area contributed by atoms with Gasteiger partial charge >= 0.3 is 0 Å². The Bertz CT molecular complexity index is 329. The Morgan fingerprint density at radius 2 is 1.93 bits per heavy atom. The summed E-state index contributed by atoms with van der Waals surface area (Å²) in [5.41, 5.74) is 2.70. The van der Waals surface area contributed by atoms with Crippen molar-refractivity contribution < 1.29 is 0 Å². The standard InChI is InChI=1S/C12H16N2/c1-11-8-14(10-13(11)2)9-12-6-4-3-5-7-12/h3-8H,9-10H2,1-2H3. The molecule has 1 aliphatic rings. The van der Waals surface area contributed by atoms with Gasteiger partial charge in [-0.2, -0.15) is 0 Å². The van der Waals surface area contributed by atoms with Crippen molar-refractivity contribution in [2.75, 3.05) is 13.7 Å². The number of nitrogens with zero attached hydrogens (tertiary/aromatic N) is 2. The lowest BCUT2D eigenvalue weighted by molar-refractivity contribution is 0.283. The molecule has 0 bridgehead atoms. The van der Waals surface area contributed by atoms with Crippen LogP contribution in [-0.2, 0) is 6.54 Å². The van der Waals surface area contributed by atoms with Gasteiger partial charge in [0.1, 0.15) is 0 Å². The minimum absolute atomic E-state index is 1.00. The van der Waals surface area contributed by atoms with Gasteiger partial charge in [-0.25, -0.2) is 0 Å². The third-order valence-electron chi connectivity index (χ3n) is 2.59. The van der Waals surface area contributed by atoms with E-state index in [2.05, 4.69) is 60.3 Å². The second-order valence-electron chi connectivity index (χ2n) is 3.84. The van der Waals surface area contributed by atoms with Gasteiger partial charge in [-0.1, -0.05) is 30.3 Å². The van der Waals surface area contributed by atoms with Crippen LogP contribution in [0.15, 0.2) is 42.2 Å². The van der Waals surface area contributed by atoms with E-state index in [0.29, 0.717) is 0 Å². The normalized spacial score (nSPS) is 16.0. The van der Waals surface area contributed by atoms with Crippen LogP contribution in [0.1, 0.15) is 12.5 Å². The molecule has 0 aromatic heterocycles. The van der Waals surface area contributed by atoms with Crippen LogP contribution >= 0.6 is 0 Å². The molecule has 2 nitrogen and oxygen atoms in total. The minimum atomic E-state index is 1.00. The van der Waals surface area contributed by atoms with Crippen molar-refractivity contribution >= 4 is 0 Å². The van der Waals surface area contributed by atoms with Crippen LogP contribution in [0, 0.1) is 0 Å². The summed E-state index contributed by atoms with van der Waals surface area (Å²) in [6, 6.07) is 10.6. The van der Waals surface area contributed by atoms with Crippen LogP contribution in [0.25, 0.3) is 0 Å². The molecule has 0 saturated carbocycles. The third kappa shape index (κ3) is 1.90. The Balaban J connectivity index is 2.01. The highest BCUT2D eigenvalue weighted by Crippen LogP contribution is 2.15. The molecule has 0 spiro atoms. The first-order chi connectivity index (χ1) is 6.75. The van der Waals surface area contributed by atoms with Gasteiger partial charge in [-0.3, -0.25) is 0 Å². The topological polar surface area (TPSA) is 6.48 Å². The van der Waals surface area contributed by atoms with Crippen molar-refractivity contribution in [3.05, 3.63) is 47.8 Å². The molecule has 0 fully saturated rings. The van der Waals surface area contributed by atoms with E-state index >= 15 is 0 Å². The van der Waals surface area contributed by atoms with Crippen molar-refractivity contribution in [3.63, 3.8) is 0 Å². The molecule has 0 unspecified atom stereocenters. The van der Waals surface area contributed by atoms with Crippen LogP contribution in [-0.4, -0.2) is 23.5 Å². The van der Waals surface area contributed by atoms with Crippen LogP contribution in [0.4, 0.5) is 0 Å². The lowest BCUT2D eigenvalue weighted by Crippen LogP contribution is -2.22. The van der Waals surface area contributed by atoms with E-state index in [0.717, 1.165) is 13.2 Å². The fourth-order valence-corrected chi connectivity index (χ4v) is 1.70. The maximum atomic E-state index is 2.32. The van der Waals surface area contributed by atoms with E-state index in [4.69, 9.17) is 0 Å². The molecule has 0 radical (unpaired) electrons. The molecule has 74 valence electrons. The molecule has 14 heavy (non-hydrogen) atoms. The Morgan fingerprint density at radius 1 is 1.21 bits per heavy atom. The summed E-state index contributed by atoms with van der Waals surface area (Å²) < 4.78 is 0. The van der Waals surface area contributed by atoms with E-state index < -0.39 is 0 Å². The molecule has 0 N–H and O–H groups in total. The highest BCUT2D eigenvalue weighted by atomic mass is 15.3. The monoisotopic (exact) mass is 188 g/mol. The Kier molecular flexibility index (Phi) is 2.44. The van der Waals surface area contributed by atoms with Gasteiger partial charge in [-0.15, -0.1) is 0 Å². The smallest absolute Gasteiger partial charge is 0.0896 e. The third-order valence-corrected chi connectivity index (χ3v) is 2.59. The van der Waals surface area contributed by atoms with Gasteiger partial charge in [0.05, 0.1) is 6.67 Å². The zero-order valence-corrected chi connectivity index (χ0v) is 8.77. The number of hydrogen-bond donors (Lipinski definition) is 0. The summed E-state index contributed by atoms with van der Waals surface area (Å²) in [4.78, 5) is 4.58. The van der Waals surface area contributed by atoms with E-state index in [1.165, 1.54) is 11.3 Å². The first-order valence-corrected chi connectivity index (χ1v) is 4.93. The molecule has 1 aromatic rings. The Morgan fingerprint density at radius 3 is 2.50 bits per heavy atom. The number of rotatable bonds is 2. The average Bonchev–Trinajstić information content (AvgIpc) is 2.47. The summed E-state index contributed by atoms with van der Waals surface area (Å²) in [7, 11) is 2.12. The number of hydrogen-bond acceptors (Lipinski definition) is 2. The molecule has 1 aliphatic heterocycles. The second kappa shape index (κ2) is 3.74. The van der Waals surface area contributed by atoms with E-state index in [9.17, 15) is 0 Å². The van der Waals surface area contributed by atoms with Gasteiger partial charge in [0, 0.05) is 25.5 Å². The van der Waals surface area contributed by atoms with Crippen molar-refractivity contribution in [1.29, 1.82) is 0 Å². The van der Waals surface area contributed by atoms with Crippen LogP contribution in [0.5, 0.6) is 0 Å². The summed E-state index contributed by atoms with van der Waals surface area (Å²) in [5.74, 6) is 0. The molecule has 0 atom stereocenters. The SMILES string of the molecule is CC1=CN(Cc2ccccc2)CN1C. The van der Waals surface area contributed by atoms with Crippen molar-refractivity contribution in [2.24, 2.45) is 0 Å². The van der Waals surface area contributed by atoms with Gasteiger partial charge < -0.3 is 9.80 Å². The molecular formula is C12H16N2. The molecular weight excluding hydrogens is 172 g/mol. The van der Waals surface area contributed by atoms with E-state index in [1.54, 1.807) is 0 Å². The van der Waals surface area contributed by atoms with Gasteiger partial charge in [-0.05, 0) is 12.5 Å². The van der Waals surface area contributed by atoms with E-state index in [-0.39, 0.29) is 0 Å². The minimum Gasteiger partial charge on any atom is -0.359 e. The molecule has 1 aromatic carbocycles. The summed E-state index contributed by atoms with van der Waals surface area (Å²) in [6.45, 7) is 4.15. The van der Waals surface area contributed by atoms with Crippen molar-refractivity contribution in [3.8, 4) is 0 Å². The zero-order chi connectivity index (χ0) is 9.97. The predicted octanol–water partition coefficient (Wildman–Crippen LogP) is 2.25. The summed E-state index contributed by atoms with van der Waals surface area (Å²) in [6.07, 6.45) is 2.22.